The first-order chi connectivity index (χ1) is 11.1. The van der Waals surface area contributed by atoms with Gasteiger partial charge in [0.25, 0.3) is 5.91 Å². The van der Waals surface area contributed by atoms with Crippen molar-refractivity contribution < 1.29 is 4.79 Å². The van der Waals surface area contributed by atoms with E-state index in [-0.39, 0.29) is 11.6 Å². The number of aromatic nitrogens is 2. The molecule has 1 heterocycles. The summed E-state index contributed by atoms with van der Waals surface area (Å²) in [5.41, 5.74) is 7.09. The van der Waals surface area contributed by atoms with Gasteiger partial charge in [-0.1, -0.05) is 19.9 Å². The standard InChI is InChI=1S/C16H25N5O2/c1-3-20(4-2)11-9-18-15(22)12-6-5-7-13-14(12)21(10-8-17)16(23)19-13/h5-7H,3-4,8-11,17H2,1-2H3,(H,18,22)(H,19,23). The number of fused-ring (bicyclic) bond motifs is 1. The van der Waals surface area contributed by atoms with Crippen molar-refractivity contribution in [3.63, 3.8) is 0 Å². The van der Waals surface area contributed by atoms with Crippen LogP contribution in [0.3, 0.4) is 0 Å². The largest absolute Gasteiger partial charge is 0.351 e. The maximum absolute atomic E-state index is 12.5. The number of H-pyrrole nitrogens is 1. The Labute approximate surface area is 135 Å². The molecule has 0 saturated carbocycles. The molecular weight excluding hydrogens is 294 g/mol. The van der Waals surface area contributed by atoms with Gasteiger partial charge in [-0.2, -0.15) is 0 Å². The van der Waals surface area contributed by atoms with Gasteiger partial charge < -0.3 is 20.9 Å². The van der Waals surface area contributed by atoms with Gasteiger partial charge in [-0.25, -0.2) is 4.79 Å². The Kier molecular flexibility index (Phi) is 5.95. The summed E-state index contributed by atoms with van der Waals surface area (Å²) in [7, 11) is 0. The monoisotopic (exact) mass is 319 g/mol. The molecule has 0 bridgehead atoms. The zero-order chi connectivity index (χ0) is 16.8. The summed E-state index contributed by atoms with van der Waals surface area (Å²) in [6, 6.07) is 5.29. The Morgan fingerprint density at radius 3 is 2.74 bits per heavy atom. The van der Waals surface area contributed by atoms with E-state index in [9.17, 15) is 9.59 Å². The number of hydrogen-bond donors (Lipinski definition) is 3. The number of benzene rings is 1. The highest BCUT2D eigenvalue weighted by Crippen LogP contribution is 2.15. The Hall–Kier alpha value is -2.12. The lowest BCUT2D eigenvalue weighted by molar-refractivity contribution is 0.0950. The Balaban J connectivity index is 2.21. The molecule has 126 valence electrons. The van der Waals surface area contributed by atoms with E-state index < -0.39 is 0 Å². The molecule has 0 atom stereocenters. The summed E-state index contributed by atoms with van der Waals surface area (Å²) in [6.45, 7) is 8.19. The number of hydrogen-bond acceptors (Lipinski definition) is 4. The lowest BCUT2D eigenvalue weighted by Gasteiger charge is -2.18. The molecule has 0 unspecified atom stereocenters. The number of amides is 1. The van der Waals surface area contributed by atoms with E-state index in [0.717, 1.165) is 19.6 Å². The van der Waals surface area contributed by atoms with E-state index in [4.69, 9.17) is 5.73 Å². The summed E-state index contributed by atoms with van der Waals surface area (Å²) in [6.07, 6.45) is 0. The number of para-hydroxylation sites is 1. The highest BCUT2D eigenvalue weighted by atomic mass is 16.2. The van der Waals surface area contributed by atoms with Crippen molar-refractivity contribution in [1.82, 2.24) is 19.8 Å². The van der Waals surface area contributed by atoms with Crippen molar-refractivity contribution in [3.8, 4) is 0 Å². The fourth-order valence-corrected chi connectivity index (χ4v) is 2.71. The van der Waals surface area contributed by atoms with Gasteiger partial charge in [0.1, 0.15) is 0 Å². The molecule has 0 spiro atoms. The van der Waals surface area contributed by atoms with Crippen molar-refractivity contribution >= 4 is 16.9 Å². The summed E-state index contributed by atoms with van der Waals surface area (Å²) in [5, 5.41) is 2.93. The van der Waals surface area contributed by atoms with Gasteiger partial charge in [0.15, 0.2) is 0 Å². The van der Waals surface area contributed by atoms with Gasteiger partial charge in [0.05, 0.1) is 16.6 Å². The highest BCUT2D eigenvalue weighted by molar-refractivity contribution is 6.05. The maximum atomic E-state index is 12.5. The molecule has 1 aromatic carbocycles. The predicted molar refractivity (Wildman–Crippen MR) is 91.7 cm³/mol. The highest BCUT2D eigenvalue weighted by Gasteiger charge is 2.15. The minimum atomic E-state index is -0.242. The second-order valence-corrected chi connectivity index (χ2v) is 5.35. The number of nitrogens with zero attached hydrogens (tertiary/aromatic N) is 2. The second-order valence-electron chi connectivity index (χ2n) is 5.35. The van der Waals surface area contributed by atoms with E-state index in [0.29, 0.717) is 36.2 Å². The van der Waals surface area contributed by atoms with E-state index >= 15 is 0 Å². The summed E-state index contributed by atoms with van der Waals surface area (Å²) >= 11 is 0. The van der Waals surface area contributed by atoms with Crippen LogP contribution in [-0.4, -0.2) is 53.1 Å². The van der Waals surface area contributed by atoms with Crippen LogP contribution in [0, 0.1) is 0 Å². The molecule has 2 aromatic rings. The normalized spacial score (nSPS) is 11.3. The number of aromatic amines is 1. The topological polar surface area (TPSA) is 96.1 Å². The van der Waals surface area contributed by atoms with Crippen LogP contribution in [0.15, 0.2) is 23.0 Å². The van der Waals surface area contributed by atoms with Gasteiger partial charge in [-0.3, -0.25) is 9.36 Å². The quantitative estimate of drug-likeness (QED) is 0.654. The average molecular weight is 319 g/mol. The molecule has 0 radical (unpaired) electrons. The number of nitrogens with two attached hydrogens (primary N) is 1. The maximum Gasteiger partial charge on any atom is 0.326 e. The van der Waals surface area contributed by atoms with Crippen LogP contribution in [0.5, 0.6) is 0 Å². The molecular formula is C16H25N5O2. The van der Waals surface area contributed by atoms with Crippen LogP contribution in [-0.2, 0) is 6.54 Å². The molecule has 0 aliphatic heterocycles. The molecule has 0 aliphatic carbocycles. The fourth-order valence-electron chi connectivity index (χ4n) is 2.71. The minimum Gasteiger partial charge on any atom is -0.351 e. The molecule has 0 aliphatic rings. The molecule has 2 rings (SSSR count). The summed E-state index contributed by atoms with van der Waals surface area (Å²) in [5.74, 6) is -0.174. The predicted octanol–water partition coefficient (Wildman–Crippen LogP) is 0.360. The van der Waals surface area contributed by atoms with Crippen molar-refractivity contribution in [1.29, 1.82) is 0 Å². The van der Waals surface area contributed by atoms with Gasteiger partial charge in [-0.05, 0) is 25.2 Å². The third-order valence-corrected chi connectivity index (χ3v) is 4.00. The number of imidazole rings is 1. The smallest absolute Gasteiger partial charge is 0.326 e. The van der Waals surface area contributed by atoms with Crippen LogP contribution in [0.4, 0.5) is 0 Å². The Morgan fingerprint density at radius 1 is 1.35 bits per heavy atom. The number of carbonyl (C=O) groups excluding carboxylic acids is 1. The van der Waals surface area contributed by atoms with Crippen LogP contribution >= 0.6 is 0 Å². The number of rotatable bonds is 8. The van der Waals surface area contributed by atoms with Crippen LogP contribution in [0.1, 0.15) is 24.2 Å². The van der Waals surface area contributed by atoms with Crippen LogP contribution in [0.2, 0.25) is 0 Å². The Morgan fingerprint density at radius 2 is 2.09 bits per heavy atom. The lowest BCUT2D eigenvalue weighted by atomic mass is 10.1. The van der Waals surface area contributed by atoms with Crippen LogP contribution in [0.25, 0.3) is 11.0 Å². The van der Waals surface area contributed by atoms with Crippen molar-refractivity contribution in [3.05, 3.63) is 34.2 Å². The van der Waals surface area contributed by atoms with Gasteiger partial charge in [0, 0.05) is 26.2 Å². The first-order valence-electron chi connectivity index (χ1n) is 8.04. The number of carbonyl (C=O) groups is 1. The molecule has 0 fully saturated rings. The third-order valence-electron chi connectivity index (χ3n) is 4.00. The molecule has 4 N–H and O–H groups in total. The number of nitrogens with one attached hydrogen (secondary N) is 2. The molecule has 7 nitrogen and oxygen atoms in total. The summed E-state index contributed by atoms with van der Waals surface area (Å²) in [4.78, 5) is 29.5. The van der Waals surface area contributed by atoms with E-state index in [1.165, 1.54) is 4.57 Å². The number of likely N-dealkylation sites (N-methyl/N-ethyl adjacent to an activating group) is 1. The zero-order valence-corrected chi connectivity index (χ0v) is 13.8. The third kappa shape index (κ3) is 3.80. The molecule has 7 heteroatoms. The second kappa shape index (κ2) is 7.94. The van der Waals surface area contributed by atoms with Crippen molar-refractivity contribution in [2.45, 2.75) is 20.4 Å². The van der Waals surface area contributed by atoms with E-state index in [1.54, 1.807) is 18.2 Å². The van der Waals surface area contributed by atoms with Crippen molar-refractivity contribution in [2.75, 3.05) is 32.7 Å². The minimum absolute atomic E-state index is 0.174. The fraction of sp³-hybridized carbons (Fsp3) is 0.500. The zero-order valence-electron chi connectivity index (χ0n) is 13.8. The molecule has 1 amide bonds. The first-order valence-corrected chi connectivity index (χ1v) is 8.04. The lowest BCUT2D eigenvalue weighted by Crippen LogP contribution is -2.35. The van der Waals surface area contributed by atoms with Gasteiger partial charge >= 0.3 is 5.69 Å². The van der Waals surface area contributed by atoms with Crippen molar-refractivity contribution in [2.24, 2.45) is 5.73 Å². The molecule has 23 heavy (non-hydrogen) atoms. The van der Waals surface area contributed by atoms with Crippen LogP contribution < -0.4 is 16.7 Å². The van der Waals surface area contributed by atoms with E-state index in [1.807, 2.05) is 0 Å². The van der Waals surface area contributed by atoms with Gasteiger partial charge in [0.2, 0.25) is 0 Å². The Bertz CT molecular complexity index is 715. The average Bonchev–Trinajstić information content (AvgIpc) is 2.87. The van der Waals surface area contributed by atoms with Gasteiger partial charge in [-0.15, -0.1) is 0 Å². The molecule has 1 aromatic heterocycles. The first kappa shape index (κ1) is 17.2. The summed E-state index contributed by atoms with van der Waals surface area (Å²) < 4.78 is 1.52. The van der Waals surface area contributed by atoms with E-state index in [2.05, 4.69) is 29.0 Å². The molecule has 0 saturated heterocycles. The SMILES string of the molecule is CCN(CC)CCNC(=O)c1cccc2[nH]c(=O)n(CCN)c12.